The summed E-state index contributed by atoms with van der Waals surface area (Å²) in [4.78, 5) is 32.6. The highest BCUT2D eigenvalue weighted by molar-refractivity contribution is 7.50. The smallest absolute Gasteiger partial charge is 0.403 e. The van der Waals surface area contributed by atoms with E-state index in [0.29, 0.717) is 0 Å². The summed E-state index contributed by atoms with van der Waals surface area (Å²) in [6.07, 6.45) is -5.97. The summed E-state index contributed by atoms with van der Waals surface area (Å²) in [6, 6.07) is -1.15. The Bertz CT molecular complexity index is 1040. The van der Waals surface area contributed by atoms with E-state index < -0.39 is 63.1 Å². The molecule has 0 aliphatic carbocycles. The van der Waals surface area contributed by atoms with Crippen LogP contribution in [0.3, 0.4) is 0 Å². The number of hydrogen-bond acceptors (Lipinski definition) is 11. The highest BCUT2D eigenvalue weighted by Gasteiger charge is 2.45. The number of aliphatic hydroxyl groups excluding tert-OH is 2. The SMILES string of the molecule is CC(C)OC(=O)[C@H](C)NP(=O)(O)OC[C@@H]1O[C@@H](n2cnc3c(N)nc(F)nc32)[C@H](O)[C@H]1O. The minimum Gasteiger partial charge on any atom is -0.462 e. The molecule has 1 fully saturated rings. The molecular formula is C16H24FN6O8P. The topological polar surface area (TPSA) is 204 Å². The van der Waals surface area contributed by atoms with Crippen LogP contribution in [0, 0.1) is 6.08 Å². The van der Waals surface area contributed by atoms with E-state index in [-0.39, 0.29) is 17.0 Å². The van der Waals surface area contributed by atoms with Gasteiger partial charge in [0.05, 0.1) is 19.0 Å². The first-order valence-electron chi connectivity index (χ1n) is 9.52. The minimum absolute atomic E-state index is 0.0581. The van der Waals surface area contributed by atoms with Gasteiger partial charge in [-0.1, -0.05) is 0 Å². The largest absolute Gasteiger partial charge is 0.462 e. The van der Waals surface area contributed by atoms with Crippen molar-refractivity contribution in [3.63, 3.8) is 0 Å². The molecule has 0 saturated carbocycles. The number of ether oxygens (including phenoxy) is 2. The number of aliphatic hydroxyl groups is 2. The van der Waals surface area contributed by atoms with Crippen LogP contribution in [0.15, 0.2) is 6.33 Å². The Morgan fingerprint density at radius 3 is 2.72 bits per heavy atom. The fourth-order valence-corrected chi connectivity index (χ4v) is 4.06. The van der Waals surface area contributed by atoms with Gasteiger partial charge in [-0.15, -0.1) is 0 Å². The van der Waals surface area contributed by atoms with Gasteiger partial charge in [-0.2, -0.15) is 14.4 Å². The Kier molecular flexibility index (Phi) is 7.09. The molecule has 3 rings (SSSR count). The van der Waals surface area contributed by atoms with Crippen LogP contribution in [0.5, 0.6) is 0 Å². The predicted octanol–water partition coefficient (Wildman–Crippen LogP) is -0.786. The summed E-state index contributed by atoms with van der Waals surface area (Å²) in [6.45, 7) is 3.94. The van der Waals surface area contributed by atoms with Crippen LogP contribution < -0.4 is 10.8 Å². The molecule has 0 amide bonds. The van der Waals surface area contributed by atoms with Gasteiger partial charge < -0.3 is 30.3 Å². The first kappa shape index (κ1) is 24.4. The van der Waals surface area contributed by atoms with Crippen molar-refractivity contribution in [1.29, 1.82) is 0 Å². The van der Waals surface area contributed by atoms with Crippen molar-refractivity contribution in [1.82, 2.24) is 24.6 Å². The van der Waals surface area contributed by atoms with Crippen molar-refractivity contribution >= 4 is 30.7 Å². The molecule has 1 saturated heterocycles. The zero-order valence-electron chi connectivity index (χ0n) is 17.3. The van der Waals surface area contributed by atoms with Crippen LogP contribution in [0.1, 0.15) is 27.0 Å². The van der Waals surface area contributed by atoms with E-state index in [1.807, 2.05) is 0 Å². The maximum atomic E-state index is 13.6. The Hall–Kier alpha value is -2.26. The molecule has 14 nitrogen and oxygen atoms in total. The second-order valence-electron chi connectivity index (χ2n) is 7.40. The van der Waals surface area contributed by atoms with Crippen LogP contribution in [-0.4, -0.2) is 77.7 Å². The first-order valence-corrected chi connectivity index (χ1v) is 11.1. The minimum atomic E-state index is -4.51. The van der Waals surface area contributed by atoms with Gasteiger partial charge in [0.25, 0.3) is 0 Å². The van der Waals surface area contributed by atoms with E-state index in [1.165, 1.54) is 13.3 Å². The van der Waals surface area contributed by atoms with Crippen LogP contribution in [0.2, 0.25) is 0 Å². The lowest BCUT2D eigenvalue weighted by atomic mass is 10.1. The lowest BCUT2D eigenvalue weighted by molar-refractivity contribution is -0.149. The van der Waals surface area contributed by atoms with Gasteiger partial charge in [0.1, 0.15) is 24.4 Å². The fourth-order valence-electron chi connectivity index (χ4n) is 3.04. The average molecular weight is 478 g/mol. The number of rotatable bonds is 8. The molecule has 3 heterocycles. The third-order valence-electron chi connectivity index (χ3n) is 4.51. The van der Waals surface area contributed by atoms with Crippen LogP contribution in [-0.2, 0) is 23.4 Å². The van der Waals surface area contributed by atoms with E-state index >= 15 is 0 Å². The molecule has 0 aromatic carbocycles. The van der Waals surface area contributed by atoms with E-state index in [0.717, 1.165) is 4.57 Å². The third kappa shape index (κ3) is 5.20. The molecule has 1 aliphatic rings. The molecule has 0 spiro atoms. The van der Waals surface area contributed by atoms with Crippen LogP contribution >= 0.6 is 7.75 Å². The number of fused-ring (bicyclic) bond motifs is 1. The summed E-state index contributed by atoms with van der Waals surface area (Å²) in [5.74, 6) is -0.984. The number of carbonyl (C=O) groups is 1. The Morgan fingerprint density at radius 1 is 1.38 bits per heavy atom. The van der Waals surface area contributed by atoms with Gasteiger partial charge in [-0.05, 0) is 20.8 Å². The zero-order chi connectivity index (χ0) is 23.8. The number of aromatic nitrogens is 4. The number of carbonyl (C=O) groups excluding carboxylic acids is 1. The third-order valence-corrected chi connectivity index (χ3v) is 5.72. The predicted molar refractivity (Wildman–Crippen MR) is 105 cm³/mol. The van der Waals surface area contributed by atoms with Gasteiger partial charge in [0.2, 0.25) is 0 Å². The van der Waals surface area contributed by atoms with Gasteiger partial charge in [-0.25, -0.2) is 14.6 Å². The quantitative estimate of drug-likeness (QED) is 0.179. The Balaban J connectivity index is 1.67. The van der Waals surface area contributed by atoms with E-state index in [4.69, 9.17) is 19.7 Å². The standard InChI is InChI=1S/C16H24FN6O8P/c1-6(2)30-15(26)7(3)22-32(27,28)29-4-8-10(24)11(25)14(31-8)23-5-19-9-12(18)20-16(17)21-13(9)23/h5-8,10-11,14,24-25H,4H2,1-3H3,(H2,18,20,21)(H2,22,27,28)/t7-,8-,10-,11+,14+/m0/s1. The number of nitrogen functional groups attached to an aromatic ring is 1. The molecule has 178 valence electrons. The highest BCUT2D eigenvalue weighted by Crippen LogP contribution is 2.40. The van der Waals surface area contributed by atoms with Crippen LogP contribution in [0.4, 0.5) is 10.2 Å². The van der Waals surface area contributed by atoms with Gasteiger partial charge in [0, 0.05) is 0 Å². The van der Waals surface area contributed by atoms with Crippen LogP contribution in [0.25, 0.3) is 11.2 Å². The molecule has 16 heteroatoms. The first-order chi connectivity index (χ1) is 14.9. The molecule has 6 atom stereocenters. The molecule has 2 aromatic heterocycles. The Labute approximate surface area is 181 Å². The number of nitrogens with two attached hydrogens (primary N) is 1. The van der Waals surface area contributed by atoms with Crippen molar-refractivity contribution in [3.05, 3.63) is 12.4 Å². The molecule has 1 aliphatic heterocycles. The lowest BCUT2D eigenvalue weighted by Gasteiger charge is -2.21. The molecule has 0 bridgehead atoms. The van der Waals surface area contributed by atoms with Crippen molar-refractivity contribution in [3.8, 4) is 0 Å². The second kappa shape index (κ2) is 9.31. The zero-order valence-corrected chi connectivity index (χ0v) is 18.2. The average Bonchev–Trinajstić information content (AvgIpc) is 3.21. The molecule has 0 radical (unpaired) electrons. The molecule has 2 aromatic rings. The fraction of sp³-hybridized carbons (Fsp3) is 0.625. The van der Waals surface area contributed by atoms with Crippen molar-refractivity contribution in [2.45, 2.75) is 57.5 Å². The number of imidazole rings is 1. The summed E-state index contributed by atoms with van der Waals surface area (Å²) >= 11 is 0. The summed E-state index contributed by atoms with van der Waals surface area (Å²) in [5.41, 5.74) is 5.58. The molecule has 1 unspecified atom stereocenters. The lowest BCUT2D eigenvalue weighted by Crippen LogP contribution is -2.37. The van der Waals surface area contributed by atoms with Gasteiger partial charge in [-0.3, -0.25) is 13.9 Å². The van der Waals surface area contributed by atoms with Gasteiger partial charge in [0.15, 0.2) is 23.2 Å². The Morgan fingerprint density at radius 2 is 2.06 bits per heavy atom. The number of anilines is 1. The molecule has 6 N–H and O–H groups in total. The van der Waals surface area contributed by atoms with Crippen molar-refractivity contribution < 1.29 is 42.9 Å². The van der Waals surface area contributed by atoms with E-state index in [9.17, 15) is 28.9 Å². The van der Waals surface area contributed by atoms with Crippen molar-refractivity contribution in [2.75, 3.05) is 12.3 Å². The van der Waals surface area contributed by atoms with Gasteiger partial charge >= 0.3 is 19.8 Å². The van der Waals surface area contributed by atoms with Crippen molar-refractivity contribution in [2.24, 2.45) is 0 Å². The number of halogens is 1. The number of esters is 1. The highest BCUT2D eigenvalue weighted by atomic mass is 31.2. The summed E-state index contributed by atoms with van der Waals surface area (Å²) in [5, 5.41) is 22.8. The monoisotopic (exact) mass is 478 g/mol. The maximum absolute atomic E-state index is 13.6. The number of nitrogens with one attached hydrogen (secondary N) is 1. The second-order valence-corrected chi connectivity index (χ2v) is 8.96. The van der Waals surface area contributed by atoms with E-state index in [1.54, 1.807) is 13.8 Å². The number of hydrogen-bond donors (Lipinski definition) is 5. The molecule has 32 heavy (non-hydrogen) atoms. The number of nitrogens with zero attached hydrogens (tertiary/aromatic N) is 4. The summed E-state index contributed by atoms with van der Waals surface area (Å²) < 4.78 is 42.3. The molecular weight excluding hydrogens is 454 g/mol. The maximum Gasteiger partial charge on any atom is 0.403 e. The normalized spacial score (nSPS) is 26.4. The summed E-state index contributed by atoms with van der Waals surface area (Å²) in [7, 11) is -4.51. The van der Waals surface area contributed by atoms with E-state index in [2.05, 4.69) is 20.0 Å².